The Kier molecular flexibility index (Phi) is 5.94. The molecule has 1 unspecified atom stereocenters. The summed E-state index contributed by atoms with van der Waals surface area (Å²) in [5, 5.41) is 8.79. The van der Waals surface area contributed by atoms with Gasteiger partial charge in [-0.1, -0.05) is 6.92 Å². The molecule has 20 heavy (non-hydrogen) atoms. The Morgan fingerprint density at radius 1 is 1.35 bits per heavy atom. The summed E-state index contributed by atoms with van der Waals surface area (Å²) in [5.41, 5.74) is 0. The molecule has 1 fully saturated rings. The lowest BCUT2D eigenvalue weighted by molar-refractivity contribution is -0.145. The molecule has 1 aliphatic heterocycles. The third-order valence-electron chi connectivity index (χ3n) is 3.33. The summed E-state index contributed by atoms with van der Waals surface area (Å²) >= 11 is 0. The van der Waals surface area contributed by atoms with Crippen LogP contribution in [0.2, 0.25) is 0 Å². The average molecular weight is 306 g/mol. The van der Waals surface area contributed by atoms with Gasteiger partial charge >= 0.3 is 5.97 Å². The molecule has 0 aromatic rings. The van der Waals surface area contributed by atoms with Gasteiger partial charge in [-0.3, -0.25) is 9.59 Å². The third-order valence-corrected chi connectivity index (χ3v) is 5.40. The van der Waals surface area contributed by atoms with Crippen molar-refractivity contribution >= 4 is 21.9 Å². The molecule has 0 bridgehead atoms. The second kappa shape index (κ2) is 7.03. The first-order valence-corrected chi connectivity index (χ1v) is 8.44. The smallest absolute Gasteiger partial charge is 0.323 e. The van der Waals surface area contributed by atoms with Crippen molar-refractivity contribution in [2.45, 2.75) is 39.2 Å². The molecule has 1 heterocycles. The number of nitrogens with zero attached hydrogens (tertiary/aromatic N) is 2. The van der Waals surface area contributed by atoms with Crippen LogP contribution in [-0.2, 0) is 19.6 Å². The Morgan fingerprint density at radius 2 is 2.00 bits per heavy atom. The summed E-state index contributed by atoms with van der Waals surface area (Å²) < 4.78 is 25.5. The SMILES string of the molecule is CCCS(=O)(=O)N1CCCC1C(=O)N(CC)CC(=O)O. The van der Waals surface area contributed by atoms with Gasteiger partial charge in [0, 0.05) is 13.1 Å². The number of amides is 1. The van der Waals surface area contributed by atoms with Crippen molar-refractivity contribution in [3.8, 4) is 0 Å². The highest BCUT2D eigenvalue weighted by Crippen LogP contribution is 2.23. The molecule has 8 heteroatoms. The maximum atomic E-state index is 12.3. The predicted molar refractivity (Wildman–Crippen MR) is 73.7 cm³/mol. The second-order valence-electron chi connectivity index (χ2n) is 4.83. The van der Waals surface area contributed by atoms with Crippen molar-refractivity contribution in [1.29, 1.82) is 0 Å². The lowest BCUT2D eigenvalue weighted by atomic mass is 10.2. The van der Waals surface area contributed by atoms with Crippen molar-refractivity contribution in [1.82, 2.24) is 9.21 Å². The van der Waals surface area contributed by atoms with E-state index in [9.17, 15) is 18.0 Å². The Hall–Kier alpha value is -1.15. The summed E-state index contributed by atoms with van der Waals surface area (Å²) in [4.78, 5) is 24.3. The van der Waals surface area contributed by atoms with Gasteiger partial charge in [0.2, 0.25) is 15.9 Å². The molecule has 116 valence electrons. The van der Waals surface area contributed by atoms with Gasteiger partial charge in [-0.15, -0.1) is 0 Å². The van der Waals surface area contributed by atoms with Gasteiger partial charge in [-0.05, 0) is 26.2 Å². The highest BCUT2D eigenvalue weighted by molar-refractivity contribution is 7.89. The van der Waals surface area contributed by atoms with Crippen LogP contribution in [0.5, 0.6) is 0 Å². The molecule has 0 aromatic heterocycles. The van der Waals surface area contributed by atoms with Crippen LogP contribution in [0.1, 0.15) is 33.1 Å². The van der Waals surface area contributed by atoms with E-state index < -0.39 is 34.5 Å². The van der Waals surface area contributed by atoms with E-state index in [0.717, 1.165) is 0 Å². The number of carboxylic acids is 1. The molecule has 0 saturated carbocycles. The minimum Gasteiger partial charge on any atom is -0.480 e. The minimum absolute atomic E-state index is 0.0157. The fraction of sp³-hybridized carbons (Fsp3) is 0.833. The van der Waals surface area contributed by atoms with Crippen LogP contribution in [0.4, 0.5) is 0 Å². The van der Waals surface area contributed by atoms with Crippen LogP contribution in [0, 0.1) is 0 Å². The van der Waals surface area contributed by atoms with E-state index in [4.69, 9.17) is 5.11 Å². The Labute approximate surface area is 119 Å². The minimum atomic E-state index is -3.44. The van der Waals surface area contributed by atoms with E-state index in [2.05, 4.69) is 0 Å². The lowest BCUT2D eigenvalue weighted by Gasteiger charge is -2.28. The van der Waals surface area contributed by atoms with Gasteiger partial charge in [-0.25, -0.2) is 8.42 Å². The highest BCUT2D eigenvalue weighted by Gasteiger charge is 2.39. The summed E-state index contributed by atoms with van der Waals surface area (Å²) in [6, 6.07) is -0.745. The van der Waals surface area contributed by atoms with Crippen LogP contribution < -0.4 is 0 Å². The van der Waals surface area contributed by atoms with Gasteiger partial charge in [0.15, 0.2) is 0 Å². The first kappa shape index (κ1) is 16.9. The van der Waals surface area contributed by atoms with Crippen LogP contribution in [-0.4, -0.2) is 66.0 Å². The molecule has 0 aliphatic carbocycles. The largest absolute Gasteiger partial charge is 0.480 e. The standard InChI is InChI=1S/C12H22N2O5S/c1-3-8-20(18,19)14-7-5-6-10(14)12(17)13(4-2)9-11(15)16/h10H,3-9H2,1-2H3,(H,15,16). The number of rotatable bonds is 7. The zero-order valence-electron chi connectivity index (χ0n) is 11.9. The molecule has 1 amide bonds. The average Bonchev–Trinajstić information content (AvgIpc) is 2.84. The van der Waals surface area contributed by atoms with Gasteiger partial charge in [0.05, 0.1) is 5.75 Å². The Morgan fingerprint density at radius 3 is 2.50 bits per heavy atom. The fourth-order valence-electron chi connectivity index (χ4n) is 2.41. The topological polar surface area (TPSA) is 95.0 Å². The number of hydrogen-bond donors (Lipinski definition) is 1. The van der Waals surface area contributed by atoms with E-state index in [0.29, 0.717) is 25.8 Å². The highest BCUT2D eigenvalue weighted by atomic mass is 32.2. The van der Waals surface area contributed by atoms with Gasteiger partial charge < -0.3 is 10.0 Å². The number of aliphatic carboxylic acids is 1. The molecule has 1 aliphatic rings. The molecule has 1 saturated heterocycles. The molecule has 0 spiro atoms. The van der Waals surface area contributed by atoms with E-state index in [1.807, 2.05) is 0 Å². The first-order valence-electron chi connectivity index (χ1n) is 6.83. The summed E-state index contributed by atoms with van der Waals surface area (Å²) in [7, 11) is -3.44. The van der Waals surface area contributed by atoms with Crippen molar-refractivity contribution in [2.75, 3.05) is 25.4 Å². The zero-order chi connectivity index (χ0) is 15.3. The molecule has 0 aromatic carbocycles. The maximum absolute atomic E-state index is 12.3. The molecule has 0 radical (unpaired) electrons. The van der Waals surface area contributed by atoms with Gasteiger partial charge in [0.25, 0.3) is 0 Å². The zero-order valence-corrected chi connectivity index (χ0v) is 12.7. The third kappa shape index (κ3) is 3.92. The summed E-state index contributed by atoms with van der Waals surface area (Å²) in [6.07, 6.45) is 1.58. The monoisotopic (exact) mass is 306 g/mol. The Balaban J connectivity index is 2.88. The number of hydrogen-bond acceptors (Lipinski definition) is 4. The van der Waals surface area contributed by atoms with Crippen LogP contribution in [0.25, 0.3) is 0 Å². The number of carbonyl (C=O) groups is 2. The van der Waals surface area contributed by atoms with Crippen LogP contribution in [0.3, 0.4) is 0 Å². The number of sulfonamides is 1. The summed E-state index contributed by atoms with van der Waals surface area (Å²) in [6.45, 7) is 3.65. The quantitative estimate of drug-likeness (QED) is 0.721. The molecule has 1 atom stereocenters. The predicted octanol–water partition coefficient (Wildman–Crippen LogP) is 0.124. The lowest BCUT2D eigenvalue weighted by Crippen LogP contribution is -2.49. The van der Waals surface area contributed by atoms with E-state index in [1.54, 1.807) is 13.8 Å². The van der Waals surface area contributed by atoms with Crippen molar-refractivity contribution in [3.63, 3.8) is 0 Å². The van der Waals surface area contributed by atoms with E-state index in [1.165, 1.54) is 9.21 Å². The fourth-order valence-corrected chi connectivity index (χ4v) is 4.16. The van der Waals surface area contributed by atoms with Crippen LogP contribution in [0.15, 0.2) is 0 Å². The maximum Gasteiger partial charge on any atom is 0.323 e. The normalized spacial score (nSPS) is 20.0. The molecular formula is C12H22N2O5S. The molecule has 7 nitrogen and oxygen atoms in total. The van der Waals surface area contributed by atoms with Gasteiger partial charge in [-0.2, -0.15) is 4.31 Å². The number of likely N-dealkylation sites (N-methyl/N-ethyl adjacent to an activating group) is 1. The molecule has 1 rings (SSSR count). The molecule has 1 N–H and O–H groups in total. The van der Waals surface area contributed by atoms with Crippen molar-refractivity contribution in [2.24, 2.45) is 0 Å². The molecular weight excluding hydrogens is 284 g/mol. The van der Waals surface area contributed by atoms with Crippen LogP contribution >= 0.6 is 0 Å². The number of carbonyl (C=O) groups excluding carboxylic acids is 1. The van der Waals surface area contributed by atoms with Crippen molar-refractivity contribution in [3.05, 3.63) is 0 Å². The van der Waals surface area contributed by atoms with Crippen molar-refractivity contribution < 1.29 is 23.1 Å². The summed E-state index contributed by atoms with van der Waals surface area (Å²) in [5.74, 6) is -1.49. The van der Waals surface area contributed by atoms with E-state index in [-0.39, 0.29) is 12.3 Å². The van der Waals surface area contributed by atoms with E-state index >= 15 is 0 Å². The Bertz CT molecular complexity index is 462. The van der Waals surface area contributed by atoms with Gasteiger partial charge in [0.1, 0.15) is 12.6 Å². The first-order chi connectivity index (χ1) is 9.33. The second-order valence-corrected chi connectivity index (χ2v) is 6.87. The number of carboxylic acid groups (broad SMARTS) is 1.